The van der Waals surface area contributed by atoms with E-state index in [0.29, 0.717) is 13.1 Å². The zero-order chi connectivity index (χ0) is 25.3. The molecule has 1 aliphatic rings. The molecule has 2 N–H and O–H groups in total. The minimum atomic E-state index is -5.08. The van der Waals surface area contributed by atoms with Gasteiger partial charge in [-0.05, 0) is 30.7 Å². The van der Waals surface area contributed by atoms with Crippen LogP contribution in [0.2, 0.25) is 0 Å². The van der Waals surface area contributed by atoms with Gasteiger partial charge >= 0.3 is 12.1 Å². The number of aryl methyl sites for hydroxylation is 1. The topological polar surface area (TPSA) is 103 Å². The molecular formula is C22H24F4N4O4. The van der Waals surface area contributed by atoms with E-state index in [1.807, 2.05) is 24.1 Å². The van der Waals surface area contributed by atoms with Gasteiger partial charge in [0.25, 0.3) is 5.91 Å². The van der Waals surface area contributed by atoms with Crippen LogP contribution in [0.25, 0.3) is 0 Å². The molecule has 2 heterocycles. The highest BCUT2D eigenvalue weighted by Crippen LogP contribution is 2.20. The van der Waals surface area contributed by atoms with E-state index in [9.17, 15) is 27.2 Å². The first kappa shape index (κ1) is 26.6. The molecule has 1 saturated heterocycles. The first-order valence-corrected chi connectivity index (χ1v) is 10.3. The predicted octanol–water partition coefficient (Wildman–Crippen LogP) is 2.63. The number of nitrogens with one attached hydrogen (secondary N) is 1. The van der Waals surface area contributed by atoms with Crippen molar-refractivity contribution in [2.45, 2.75) is 19.5 Å². The first-order valence-electron chi connectivity index (χ1n) is 10.3. The average molecular weight is 484 g/mol. The molecule has 0 unspecified atom stereocenters. The quantitative estimate of drug-likeness (QED) is 0.633. The lowest BCUT2D eigenvalue weighted by molar-refractivity contribution is -0.192. The lowest BCUT2D eigenvalue weighted by Crippen LogP contribution is -2.49. The number of aromatic nitrogens is 1. The molecular weight excluding hydrogens is 460 g/mol. The second kappa shape index (κ2) is 12.0. The summed E-state index contributed by atoms with van der Waals surface area (Å²) in [6.07, 6.45) is -1.27. The van der Waals surface area contributed by atoms with Crippen LogP contribution < -0.4 is 10.2 Å². The number of hydrogen-bond acceptors (Lipinski definition) is 5. The molecule has 0 spiro atoms. The van der Waals surface area contributed by atoms with Crippen molar-refractivity contribution in [1.82, 2.24) is 15.2 Å². The maximum Gasteiger partial charge on any atom is 0.490 e. The second-order valence-electron chi connectivity index (χ2n) is 7.32. The maximum absolute atomic E-state index is 13.6. The Hall–Kier alpha value is -3.70. The molecule has 2 aromatic rings. The number of carbonyl (C=O) groups is 3. The minimum absolute atomic E-state index is 0.00469. The molecule has 0 radical (unpaired) electrons. The van der Waals surface area contributed by atoms with Gasteiger partial charge in [0.1, 0.15) is 5.82 Å². The van der Waals surface area contributed by atoms with Gasteiger partial charge in [-0.1, -0.05) is 12.1 Å². The lowest BCUT2D eigenvalue weighted by Gasteiger charge is -2.36. The molecule has 184 valence electrons. The van der Waals surface area contributed by atoms with E-state index in [-0.39, 0.29) is 24.4 Å². The Morgan fingerprint density at radius 3 is 2.26 bits per heavy atom. The van der Waals surface area contributed by atoms with Crippen molar-refractivity contribution < 1.29 is 37.1 Å². The van der Waals surface area contributed by atoms with Crippen LogP contribution in [-0.2, 0) is 9.59 Å². The van der Waals surface area contributed by atoms with Crippen molar-refractivity contribution in [1.29, 1.82) is 0 Å². The molecule has 1 aliphatic heterocycles. The molecule has 1 aromatic heterocycles. The van der Waals surface area contributed by atoms with Crippen molar-refractivity contribution >= 4 is 23.5 Å². The minimum Gasteiger partial charge on any atom is -0.475 e. The van der Waals surface area contributed by atoms with Crippen LogP contribution in [0.1, 0.15) is 22.3 Å². The van der Waals surface area contributed by atoms with Gasteiger partial charge in [-0.2, -0.15) is 13.2 Å². The molecule has 0 atom stereocenters. The number of halogens is 4. The summed E-state index contributed by atoms with van der Waals surface area (Å²) in [5.41, 5.74) is 2.26. The Kier molecular flexibility index (Phi) is 9.34. The predicted molar refractivity (Wildman–Crippen MR) is 115 cm³/mol. The molecule has 0 saturated carbocycles. The number of carboxylic acids is 1. The first-order chi connectivity index (χ1) is 16.0. The number of benzene rings is 1. The number of nitrogens with zero attached hydrogens (tertiary/aromatic N) is 3. The molecule has 34 heavy (non-hydrogen) atoms. The summed E-state index contributed by atoms with van der Waals surface area (Å²) in [4.78, 5) is 41.4. The molecule has 12 heteroatoms. The number of carboxylic acid groups (broad SMARTS) is 1. The van der Waals surface area contributed by atoms with E-state index >= 15 is 0 Å². The monoisotopic (exact) mass is 484 g/mol. The molecule has 0 bridgehead atoms. The van der Waals surface area contributed by atoms with Gasteiger partial charge in [-0.15, -0.1) is 0 Å². The van der Waals surface area contributed by atoms with Crippen molar-refractivity contribution in [3.63, 3.8) is 0 Å². The third-order valence-electron chi connectivity index (χ3n) is 4.95. The largest absolute Gasteiger partial charge is 0.490 e. The number of piperazine rings is 1. The van der Waals surface area contributed by atoms with Crippen LogP contribution in [0, 0.1) is 12.7 Å². The van der Waals surface area contributed by atoms with Gasteiger partial charge < -0.3 is 20.2 Å². The number of hydrogen-bond donors (Lipinski definition) is 2. The van der Waals surface area contributed by atoms with Crippen molar-refractivity contribution in [2.24, 2.45) is 0 Å². The fourth-order valence-corrected chi connectivity index (χ4v) is 3.20. The highest BCUT2D eigenvalue weighted by atomic mass is 19.4. The number of alkyl halides is 3. The number of anilines is 1. The van der Waals surface area contributed by atoms with Crippen LogP contribution in [-0.4, -0.2) is 71.7 Å². The summed E-state index contributed by atoms with van der Waals surface area (Å²) >= 11 is 0. The van der Waals surface area contributed by atoms with Crippen molar-refractivity contribution in [3.05, 3.63) is 59.7 Å². The zero-order valence-corrected chi connectivity index (χ0v) is 18.3. The summed E-state index contributed by atoms with van der Waals surface area (Å²) < 4.78 is 45.3. The third-order valence-corrected chi connectivity index (χ3v) is 4.95. The third kappa shape index (κ3) is 7.71. The summed E-state index contributed by atoms with van der Waals surface area (Å²) in [5, 5.41) is 9.73. The summed E-state index contributed by atoms with van der Waals surface area (Å²) in [6.45, 7) is 5.02. The van der Waals surface area contributed by atoms with Crippen LogP contribution in [0.15, 0.2) is 42.7 Å². The number of amides is 2. The van der Waals surface area contributed by atoms with E-state index in [2.05, 4.69) is 15.2 Å². The zero-order valence-electron chi connectivity index (χ0n) is 18.3. The SMILES string of the molecule is Cc1cnccc1N1CCN(C(=O)CCNC(=O)c2ccccc2F)CC1.O=C(O)C(F)(F)F. The average Bonchev–Trinajstić information content (AvgIpc) is 2.79. The molecule has 8 nitrogen and oxygen atoms in total. The standard InChI is InChI=1S/C20H23FN4O2.C2HF3O2/c1-15-14-22-8-6-18(15)24-10-12-25(13-11-24)19(26)7-9-23-20(27)16-4-2-3-5-17(16)21;3-2(4,5)1(6)7/h2-6,8,14H,7,9-13H2,1H3,(H,23,27);(H,6,7). The van der Waals surface area contributed by atoms with Crippen LogP contribution in [0.4, 0.5) is 23.2 Å². The Morgan fingerprint density at radius 1 is 1.09 bits per heavy atom. The van der Waals surface area contributed by atoms with Gasteiger partial charge in [0.15, 0.2) is 0 Å². The molecule has 2 amide bonds. The number of pyridine rings is 1. The van der Waals surface area contributed by atoms with Gasteiger partial charge in [-0.3, -0.25) is 14.6 Å². The maximum atomic E-state index is 13.6. The second-order valence-corrected chi connectivity index (χ2v) is 7.32. The number of carbonyl (C=O) groups excluding carboxylic acids is 2. The van der Waals surface area contributed by atoms with E-state index in [4.69, 9.17) is 9.90 Å². The fourth-order valence-electron chi connectivity index (χ4n) is 3.20. The highest BCUT2D eigenvalue weighted by molar-refractivity contribution is 5.94. The van der Waals surface area contributed by atoms with Crippen LogP contribution in [0.5, 0.6) is 0 Å². The van der Waals surface area contributed by atoms with Gasteiger partial charge in [0.05, 0.1) is 5.56 Å². The van der Waals surface area contributed by atoms with E-state index in [1.54, 1.807) is 12.3 Å². The van der Waals surface area contributed by atoms with Gasteiger partial charge in [-0.25, -0.2) is 9.18 Å². The van der Waals surface area contributed by atoms with Crippen molar-refractivity contribution in [2.75, 3.05) is 37.6 Å². The number of aliphatic carboxylic acids is 1. The molecule has 0 aliphatic carbocycles. The molecule has 1 aromatic carbocycles. The lowest BCUT2D eigenvalue weighted by atomic mass is 10.2. The normalized spacial score (nSPS) is 13.6. The Balaban J connectivity index is 0.000000509. The van der Waals surface area contributed by atoms with Crippen LogP contribution in [0.3, 0.4) is 0 Å². The molecule has 1 fully saturated rings. The summed E-state index contributed by atoms with van der Waals surface area (Å²) in [5.74, 6) is -3.83. The van der Waals surface area contributed by atoms with E-state index in [0.717, 1.165) is 24.3 Å². The summed E-state index contributed by atoms with van der Waals surface area (Å²) in [6, 6.07) is 7.79. The van der Waals surface area contributed by atoms with E-state index < -0.39 is 23.9 Å². The van der Waals surface area contributed by atoms with Gasteiger partial charge in [0.2, 0.25) is 5.91 Å². The Bertz CT molecular complexity index is 1010. The highest BCUT2D eigenvalue weighted by Gasteiger charge is 2.38. The van der Waals surface area contributed by atoms with E-state index in [1.165, 1.54) is 18.2 Å². The smallest absolute Gasteiger partial charge is 0.475 e. The number of rotatable bonds is 5. The van der Waals surface area contributed by atoms with Crippen LogP contribution >= 0.6 is 0 Å². The fraction of sp³-hybridized carbons (Fsp3) is 0.364. The van der Waals surface area contributed by atoms with Gasteiger partial charge in [0, 0.05) is 57.2 Å². The van der Waals surface area contributed by atoms with Crippen molar-refractivity contribution in [3.8, 4) is 0 Å². The summed E-state index contributed by atoms with van der Waals surface area (Å²) in [7, 11) is 0. The Labute approximate surface area is 193 Å². The Morgan fingerprint density at radius 2 is 1.71 bits per heavy atom. The molecule has 3 rings (SSSR count).